The van der Waals surface area contributed by atoms with Gasteiger partial charge in [-0.05, 0) is 43.8 Å². The smallest absolute Gasteiger partial charge is 0.243 e. The quantitative estimate of drug-likeness (QED) is 0.552. The molecule has 0 radical (unpaired) electrons. The summed E-state index contributed by atoms with van der Waals surface area (Å²) in [6.45, 7) is 4.54. The first-order valence-electron chi connectivity index (χ1n) is 6.85. The van der Waals surface area contributed by atoms with Gasteiger partial charge in [0.25, 0.3) is 0 Å². The molecule has 0 fully saturated rings. The van der Waals surface area contributed by atoms with E-state index in [1.807, 2.05) is 0 Å². The molecule has 0 heterocycles. The van der Waals surface area contributed by atoms with Crippen LogP contribution in [0.2, 0.25) is 0 Å². The molecular weight excluding hydrogens is 288 g/mol. The van der Waals surface area contributed by atoms with Crippen LogP contribution in [-0.2, 0) is 10.0 Å². The summed E-state index contributed by atoms with van der Waals surface area (Å²) in [5.41, 5.74) is 0. The highest BCUT2D eigenvalue weighted by Crippen LogP contribution is 2.18. The number of benzene rings is 1. The third-order valence-electron chi connectivity index (χ3n) is 2.86. The van der Waals surface area contributed by atoms with E-state index in [1.165, 1.54) is 19.2 Å². The Balaban J connectivity index is 2.60. The molecule has 0 spiro atoms. The minimum absolute atomic E-state index is 0.0466. The van der Waals surface area contributed by atoms with Crippen molar-refractivity contribution in [3.8, 4) is 18.1 Å². The van der Waals surface area contributed by atoms with Gasteiger partial charge in [0.15, 0.2) is 0 Å². The molecule has 1 rings (SSSR count). The lowest BCUT2D eigenvalue weighted by Crippen LogP contribution is -2.27. The fourth-order valence-electron chi connectivity index (χ4n) is 1.67. The van der Waals surface area contributed by atoms with Crippen LogP contribution in [0, 0.1) is 12.3 Å². The number of ether oxygens (including phenoxy) is 1. The summed E-state index contributed by atoms with van der Waals surface area (Å²) in [7, 11) is -2.07. The number of terminal acetylenes is 1. The van der Waals surface area contributed by atoms with E-state index in [0.717, 1.165) is 23.8 Å². The molecule has 0 aliphatic heterocycles. The van der Waals surface area contributed by atoms with E-state index in [9.17, 15) is 8.42 Å². The fourth-order valence-corrected chi connectivity index (χ4v) is 2.75. The maximum atomic E-state index is 12.1. The van der Waals surface area contributed by atoms with Gasteiger partial charge in [-0.15, -0.1) is 6.42 Å². The normalized spacial score (nSPS) is 11.3. The van der Waals surface area contributed by atoms with Crippen LogP contribution in [-0.4, -0.2) is 46.0 Å². The summed E-state index contributed by atoms with van der Waals surface area (Å²) in [6, 6.07) is 6.37. The van der Waals surface area contributed by atoms with Crippen molar-refractivity contribution >= 4 is 10.0 Å². The Morgan fingerprint density at radius 3 is 2.57 bits per heavy atom. The standard InChI is InChI=1S/C15H22N2O3S/c1-4-12-17(3)21(18,19)15-9-7-14(8-10-15)20-13-6-11-16-5-2/h1,7-10,16H,5-6,11-13H2,2-3H3. The van der Waals surface area contributed by atoms with Crippen molar-refractivity contribution in [2.24, 2.45) is 0 Å². The molecular formula is C15H22N2O3S. The SMILES string of the molecule is C#CCN(C)S(=O)(=O)c1ccc(OCCCNCC)cc1. The van der Waals surface area contributed by atoms with E-state index in [4.69, 9.17) is 11.2 Å². The van der Waals surface area contributed by atoms with E-state index in [-0.39, 0.29) is 11.4 Å². The molecule has 0 bridgehead atoms. The summed E-state index contributed by atoms with van der Waals surface area (Å²) >= 11 is 0. The zero-order chi connectivity index (χ0) is 15.7. The second-order valence-electron chi connectivity index (χ2n) is 4.49. The van der Waals surface area contributed by atoms with Gasteiger partial charge < -0.3 is 10.1 Å². The number of nitrogens with one attached hydrogen (secondary N) is 1. The van der Waals surface area contributed by atoms with Crippen LogP contribution in [0.4, 0.5) is 0 Å². The van der Waals surface area contributed by atoms with E-state index >= 15 is 0 Å². The molecule has 5 nitrogen and oxygen atoms in total. The summed E-state index contributed by atoms with van der Waals surface area (Å²) in [5, 5.41) is 3.21. The lowest BCUT2D eigenvalue weighted by Gasteiger charge is -2.14. The van der Waals surface area contributed by atoms with Crippen molar-refractivity contribution in [1.29, 1.82) is 0 Å². The Labute approximate surface area is 127 Å². The van der Waals surface area contributed by atoms with Crippen molar-refractivity contribution in [2.45, 2.75) is 18.2 Å². The van der Waals surface area contributed by atoms with Crippen molar-refractivity contribution in [3.05, 3.63) is 24.3 Å². The van der Waals surface area contributed by atoms with Crippen molar-refractivity contribution < 1.29 is 13.2 Å². The molecule has 0 unspecified atom stereocenters. The second-order valence-corrected chi connectivity index (χ2v) is 6.54. The van der Waals surface area contributed by atoms with Crippen molar-refractivity contribution in [3.63, 3.8) is 0 Å². The molecule has 0 amide bonds. The maximum absolute atomic E-state index is 12.1. The highest BCUT2D eigenvalue weighted by molar-refractivity contribution is 7.89. The van der Waals surface area contributed by atoms with Crippen LogP contribution in [0.15, 0.2) is 29.2 Å². The molecule has 1 N–H and O–H groups in total. The number of rotatable bonds is 9. The minimum Gasteiger partial charge on any atom is -0.494 e. The Hall–Kier alpha value is -1.55. The van der Waals surface area contributed by atoms with Gasteiger partial charge >= 0.3 is 0 Å². The number of sulfonamides is 1. The molecule has 21 heavy (non-hydrogen) atoms. The van der Waals surface area contributed by atoms with Crippen LogP contribution in [0.1, 0.15) is 13.3 Å². The molecule has 0 aliphatic carbocycles. The van der Waals surface area contributed by atoms with Gasteiger partial charge in [-0.1, -0.05) is 12.8 Å². The van der Waals surface area contributed by atoms with E-state index in [0.29, 0.717) is 12.4 Å². The third kappa shape index (κ3) is 5.38. The predicted octanol–water partition coefficient (Wildman–Crippen LogP) is 1.32. The fraction of sp³-hybridized carbons (Fsp3) is 0.467. The first kappa shape index (κ1) is 17.5. The van der Waals surface area contributed by atoms with Gasteiger partial charge in [0, 0.05) is 7.05 Å². The van der Waals surface area contributed by atoms with Gasteiger partial charge in [-0.3, -0.25) is 0 Å². The number of hydrogen-bond acceptors (Lipinski definition) is 4. The molecule has 0 aliphatic rings. The zero-order valence-electron chi connectivity index (χ0n) is 12.5. The largest absolute Gasteiger partial charge is 0.494 e. The highest BCUT2D eigenvalue weighted by Gasteiger charge is 2.19. The number of nitrogens with zero attached hydrogens (tertiary/aromatic N) is 1. The molecule has 0 saturated heterocycles. The van der Waals surface area contributed by atoms with Crippen LogP contribution >= 0.6 is 0 Å². The maximum Gasteiger partial charge on any atom is 0.243 e. The molecule has 0 saturated carbocycles. The van der Waals surface area contributed by atoms with Gasteiger partial charge in [0.1, 0.15) is 5.75 Å². The summed E-state index contributed by atoms with van der Waals surface area (Å²) in [6.07, 6.45) is 6.04. The minimum atomic E-state index is -3.53. The van der Waals surface area contributed by atoms with Gasteiger partial charge in [0.05, 0.1) is 18.0 Å². The average Bonchev–Trinajstić information content (AvgIpc) is 2.48. The van der Waals surface area contributed by atoms with E-state index in [2.05, 4.69) is 18.2 Å². The zero-order valence-corrected chi connectivity index (χ0v) is 13.3. The first-order chi connectivity index (χ1) is 10.0. The second kappa shape index (κ2) is 8.67. The van der Waals surface area contributed by atoms with Gasteiger partial charge in [0.2, 0.25) is 10.0 Å². The average molecular weight is 310 g/mol. The Morgan fingerprint density at radius 1 is 1.33 bits per heavy atom. The van der Waals surface area contributed by atoms with Crippen molar-refractivity contribution in [1.82, 2.24) is 9.62 Å². The van der Waals surface area contributed by atoms with Crippen LogP contribution in [0.5, 0.6) is 5.75 Å². The molecule has 0 atom stereocenters. The lowest BCUT2D eigenvalue weighted by atomic mass is 10.3. The Bertz CT molecular complexity index is 562. The van der Waals surface area contributed by atoms with Crippen LogP contribution < -0.4 is 10.1 Å². The Morgan fingerprint density at radius 2 is 2.00 bits per heavy atom. The number of hydrogen-bond donors (Lipinski definition) is 1. The molecule has 6 heteroatoms. The van der Waals surface area contributed by atoms with Crippen LogP contribution in [0.25, 0.3) is 0 Å². The van der Waals surface area contributed by atoms with E-state index in [1.54, 1.807) is 12.1 Å². The van der Waals surface area contributed by atoms with Gasteiger partial charge in [-0.25, -0.2) is 8.42 Å². The summed E-state index contributed by atoms with van der Waals surface area (Å²) < 4.78 is 31.0. The predicted molar refractivity (Wildman–Crippen MR) is 83.7 cm³/mol. The highest BCUT2D eigenvalue weighted by atomic mass is 32.2. The summed E-state index contributed by atoms with van der Waals surface area (Å²) in [4.78, 5) is 0.209. The molecule has 116 valence electrons. The molecule has 1 aromatic rings. The third-order valence-corrected chi connectivity index (χ3v) is 4.68. The first-order valence-corrected chi connectivity index (χ1v) is 8.29. The Kier molecular flexibility index (Phi) is 7.23. The molecule has 0 aromatic heterocycles. The van der Waals surface area contributed by atoms with Crippen molar-refractivity contribution in [2.75, 3.05) is 33.3 Å². The van der Waals surface area contributed by atoms with E-state index < -0.39 is 10.0 Å². The monoisotopic (exact) mass is 310 g/mol. The summed E-state index contributed by atoms with van der Waals surface area (Å²) in [5.74, 6) is 2.97. The lowest BCUT2D eigenvalue weighted by molar-refractivity contribution is 0.308. The topological polar surface area (TPSA) is 58.6 Å². The van der Waals surface area contributed by atoms with Gasteiger partial charge in [-0.2, -0.15) is 4.31 Å². The van der Waals surface area contributed by atoms with Crippen LogP contribution in [0.3, 0.4) is 0 Å². The molecule has 1 aromatic carbocycles.